The summed E-state index contributed by atoms with van der Waals surface area (Å²) in [5, 5.41) is 17.7. The van der Waals surface area contributed by atoms with Gasteiger partial charge in [-0.15, -0.1) is 0 Å². The molecule has 5 atom stereocenters. The van der Waals surface area contributed by atoms with Crippen LogP contribution < -0.4 is 10.6 Å². The van der Waals surface area contributed by atoms with Crippen LogP contribution in [0, 0.1) is 5.92 Å². The van der Waals surface area contributed by atoms with E-state index in [9.17, 15) is 5.11 Å². The van der Waals surface area contributed by atoms with Crippen LogP contribution in [0.2, 0.25) is 0 Å². The van der Waals surface area contributed by atoms with Crippen LogP contribution in [0.1, 0.15) is 64.2 Å². The zero-order chi connectivity index (χ0) is 13.1. The molecule has 0 radical (unpaired) electrons. The molecule has 3 heteroatoms. The third-order valence-corrected chi connectivity index (χ3v) is 5.59. The molecular formula is C16H30N2O. The van der Waals surface area contributed by atoms with E-state index in [1.54, 1.807) is 0 Å². The summed E-state index contributed by atoms with van der Waals surface area (Å²) in [6, 6.07) is 1.74. The fourth-order valence-electron chi connectivity index (χ4n) is 4.51. The lowest BCUT2D eigenvalue weighted by molar-refractivity contribution is 0.0709. The Bertz CT molecular complexity index is 278. The highest BCUT2D eigenvalue weighted by Crippen LogP contribution is 2.32. The van der Waals surface area contributed by atoms with Crippen molar-refractivity contribution in [3.63, 3.8) is 0 Å². The Hall–Kier alpha value is -0.120. The standard InChI is InChI=1S/C16H30N2O/c19-16-10-4-3-8-15(16)18-14-7-2-1-6-12(14)13-9-5-11-17-13/h12-19H,1-11H2. The number of rotatable bonds is 3. The molecule has 1 aliphatic heterocycles. The summed E-state index contributed by atoms with van der Waals surface area (Å²) >= 11 is 0. The Morgan fingerprint density at radius 3 is 2.26 bits per heavy atom. The highest BCUT2D eigenvalue weighted by atomic mass is 16.3. The SMILES string of the molecule is OC1CCCCC1NC1CCCCC1C1CCCN1. The Balaban J connectivity index is 1.59. The predicted molar refractivity (Wildman–Crippen MR) is 78.2 cm³/mol. The van der Waals surface area contributed by atoms with E-state index in [0.29, 0.717) is 12.1 Å². The summed E-state index contributed by atoms with van der Waals surface area (Å²) < 4.78 is 0. The molecule has 0 amide bonds. The largest absolute Gasteiger partial charge is 0.392 e. The molecule has 3 rings (SSSR count). The van der Waals surface area contributed by atoms with Crippen molar-refractivity contribution in [2.24, 2.45) is 5.92 Å². The van der Waals surface area contributed by atoms with Crippen molar-refractivity contribution in [3.05, 3.63) is 0 Å². The minimum Gasteiger partial charge on any atom is -0.392 e. The molecule has 3 aliphatic rings. The monoisotopic (exact) mass is 266 g/mol. The van der Waals surface area contributed by atoms with E-state index in [2.05, 4.69) is 10.6 Å². The minimum absolute atomic E-state index is 0.104. The highest BCUT2D eigenvalue weighted by molar-refractivity contribution is 4.94. The molecule has 110 valence electrons. The molecular weight excluding hydrogens is 236 g/mol. The van der Waals surface area contributed by atoms with Gasteiger partial charge < -0.3 is 15.7 Å². The lowest BCUT2D eigenvalue weighted by atomic mass is 9.78. The molecule has 5 unspecified atom stereocenters. The van der Waals surface area contributed by atoms with Crippen LogP contribution in [0.4, 0.5) is 0 Å². The minimum atomic E-state index is -0.104. The quantitative estimate of drug-likeness (QED) is 0.734. The zero-order valence-corrected chi connectivity index (χ0v) is 12.1. The van der Waals surface area contributed by atoms with Crippen LogP contribution in [0.3, 0.4) is 0 Å². The van der Waals surface area contributed by atoms with Crippen molar-refractivity contribution in [3.8, 4) is 0 Å². The Morgan fingerprint density at radius 2 is 1.53 bits per heavy atom. The summed E-state index contributed by atoms with van der Waals surface area (Å²) in [6.45, 7) is 1.21. The normalized spacial score (nSPS) is 44.4. The molecule has 2 aliphatic carbocycles. The van der Waals surface area contributed by atoms with Crippen molar-refractivity contribution in [2.75, 3.05) is 6.54 Å². The predicted octanol–water partition coefficient (Wildman–Crippen LogP) is 2.19. The van der Waals surface area contributed by atoms with Gasteiger partial charge in [-0.3, -0.25) is 0 Å². The van der Waals surface area contributed by atoms with E-state index >= 15 is 0 Å². The van der Waals surface area contributed by atoms with Gasteiger partial charge in [-0.2, -0.15) is 0 Å². The molecule has 0 aromatic heterocycles. The molecule has 3 nitrogen and oxygen atoms in total. The molecule has 19 heavy (non-hydrogen) atoms. The van der Waals surface area contributed by atoms with Crippen LogP contribution in [-0.2, 0) is 0 Å². The van der Waals surface area contributed by atoms with Crippen molar-refractivity contribution >= 4 is 0 Å². The van der Waals surface area contributed by atoms with E-state index in [-0.39, 0.29) is 6.10 Å². The Morgan fingerprint density at radius 1 is 0.789 bits per heavy atom. The maximum absolute atomic E-state index is 10.2. The first-order valence-electron chi connectivity index (χ1n) is 8.52. The van der Waals surface area contributed by atoms with Gasteiger partial charge in [-0.25, -0.2) is 0 Å². The van der Waals surface area contributed by atoms with Gasteiger partial charge in [0, 0.05) is 18.1 Å². The van der Waals surface area contributed by atoms with E-state index in [1.165, 1.54) is 64.3 Å². The van der Waals surface area contributed by atoms with Gasteiger partial charge >= 0.3 is 0 Å². The van der Waals surface area contributed by atoms with Gasteiger partial charge in [0.2, 0.25) is 0 Å². The van der Waals surface area contributed by atoms with Gasteiger partial charge in [0.25, 0.3) is 0 Å². The number of nitrogens with one attached hydrogen (secondary N) is 2. The molecule has 0 aromatic carbocycles. The van der Waals surface area contributed by atoms with Crippen LogP contribution in [0.5, 0.6) is 0 Å². The molecule has 3 N–H and O–H groups in total. The molecule has 1 saturated heterocycles. The average molecular weight is 266 g/mol. The lowest BCUT2D eigenvalue weighted by Gasteiger charge is -2.40. The van der Waals surface area contributed by atoms with Gasteiger partial charge in [0.1, 0.15) is 0 Å². The second-order valence-electron chi connectivity index (χ2n) is 6.88. The number of hydrogen-bond acceptors (Lipinski definition) is 3. The van der Waals surface area contributed by atoms with Gasteiger partial charge in [-0.1, -0.05) is 25.7 Å². The molecule has 2 saturated carbocycles. The van der Waals surface area contributed by atoms with Crippen molar-refractivity contribution < 1.29 is 5.11 Å². The molecule has 3 fully saturated rings. The summed E-state index contributed by atoms with van der Waals surface area (Å²) in [6.07, 6.45) is 12.7. The summed E-state index contributed by atoms with van der Waals surface area (Å²) in [7, 11) is 0. The van der Waals surface area contributed by atoms with Gasteiger partial charge in [0.15, 0.2) is 0 Å². The van der Waals surface area contributed by atoms with Crippen LogP contribution in [-0.4, -0.2) is 35.9 Å². The first kappa shape index (κ1) is 13.8. The van der Waals surface area contributed by atoms with E-state index in [1.807, 2.05) is 0 Å². The molecule has 0 spiro atoms. The summed E-state index contributed by atoms with van der Waals surface area (Å²) in [5.41, 5.74) is 0. The number of aliphatic hydroxyl groups is 1. The first-order chi connectivity index (χ1) is 9.34. The number of aliphatic hydroxyl groups excluding tert-OH is 1. The molecule has 0 aromatic rings. The second-order valence-corrected chi connectivity index (χ2v) is 6.88. The maximum Gasteiger partial charge on any atom is 0.0693 e. The van der Waals surface area contributed by atoms with Crippen LogP contribution in [0.15, 0.2) is 0 Å². The van der Waals surface area contributed by atoms with Crippen molar-refractivity contribution in [1.29, 1.82) is 0 Å². The fourth-order valence-corrected chi connectivity index (χ4v) is 4.51. The molecule has 0 bridgehead atoms. The first-order valence-corrected chi connectivity index (χ1v) is 8.52. The second kappa shape index (κ2) is 6.55. The van der Waals surface area contributed by atoms with E-state index < -0.39 is 0 Å². The van der Waals surface area contributed by atoms with Crippen LogP contribution >= 0.6 is 0 Å². The van der Waals surface area contributed by atoms with Gasteiger partial charge in [0.05, 0.1) is 6.10 Å². The highest BCUT2D eigenvalue weighted by Gasteiger charge is 2.35. The summed E-state index contributed by atoms with van der Waals surface area (Å²) in [5.74, 6) is 0.797. The third kappa shape index (κ3) is 3.32. The molecule has 1 heterocycles. The third-order valence-electron chi connectivity index (χ3n) is 5.59. The Labute approximate surface area is 117 Å². The average Bonchev–Trinajstić information content (AvgIpc) is 2.96. The topological polar surface area (TPSA) is 44.3 Å². The van der Waals surface area contributed by atoms with Crippen LogP contribution in [0.25, 0.3) is 0 Å². The Kier molecular flexibility index (Phi) is 4.78. The van der Waals surface area contributed by atoms with E-state index in [4.69, 9.17) is 0 Å². The number of hydrogen-bond donors (Lipinski definition) is 3. The van der Waals surface area contributed by atoms with Crippen molar-refractivity contribution in [1.82, 2.24) is 10.6 Å². The lowest BCUT2D eigenvalue weighted by Crippen LogP contribution is -2.53. The summed E-state index contributed by atoms with van der Waals surface area (Å²) in [4.78, 5) is 0. The fraction of sp³-hybridized carbons (Fsp3) is 1.00. The van der Waals surface area contributed by atoms with E-state index in [0.717, 1.165) is 18.4 Å². The van der Waals surface area contributed by atoms with Crippen molar-refractivity contribution in [2.45, 2.75) is 88.4 Å². The maximum atomic E-state index is 10.2. The van der Waals surface area contributed by atoms with Gasteiger partial charge in [-0.05, 0) is 51.0 Å². The smallest absolute Gasteiger partial charge is 0.0693 e. The zero-order valence-electron chi connectivity index (χ0n) is 12.1.